The van der Waals surface area contributed by atoms with Gasteiger partial charge in [0.2, 0.25) is 17.7 Å². The molecule has 0 radical (unpaired) electrons. The van der Waals surface area contributed by atoms with Crippen LogP contribution in [0, 0.1) is 0 Å². The van der Waals surface area contributed by atoms with E-state index in [1.54, 1.807) is 6.08 Å². The van der Waals surface area contributed by atoms with Crippen LogP contribution < -0.4 is 16.0 Å². The molecular formula is C82H147N3O33. The Hall–Kier alpha value is -3.31. The first-order valence-corrected chi connectivity index (χ1v) is 43.6. The third kappa shape index (κ3) is 32.6. The summed E-state index contributed by atoms with van der Waals surface area (Å²) < 4.78 is 70.7. The Labute approximate surface area is 694 Å². The molecule has 21 N–H and O–H groups in total. The van der Waals surface area contributed by atoms with Gasteiger partial charge in [-0.1, -0.05) is 192 Å². The molecule has 6 heterocycles. The molecule has 118 heavy (non-hydrogen) atoms. The number of ether oxygens (including phenoxy) is 12. The Morgan fingerprint density at radius 1 is 0.331 bits per heavy atom. The lowest BCUT2D eigenvalue weighted by atomic mass is 9.94. The number of nitrogens with one attached hydrogen (secondary N) is 3. The molecule has 0 saturated carbocycles. The van der Waals surface area contributed by atoms with Crippen LogP contribution in [-0.2, 0) is 71.2 Å². The number of hydrogen-bond donors (Lipinski definition) is 21. The van der Waals surface area contributed by atoms with Crippen molar-refractivity contribution in [1.29, 1.82) is 0 Å². The standard InChI is InChI=1S/C82H147N3O33/c1-5-7-9-11-13-15-17-19-20-21-22-23-24-25-26-28-30-32-34-36-38-40-58(95)85-50(51(94)39-37-35-33-31-29-27-18-16-14-12-10-8-6-2)47-107-79-68(103)67(102)73(57(46-91)113-79)115-81-69(104)74(62(97)53(42-87)110-81)117-78-60(84-49(4)93)66(101)72(56(45-90)112-78)114-80-71(106)76(64(99)55(44-89)109-80)118-82-70(105)75(63(98)54(43-88)111-82)116-77-59(83-48(3)92)65(100)61(96)52(41-86)108-77/h19-20,37,39,50-57,59-82,86-91,94,96-106H,5-18,21-36,38,40-47H2,1-4H3,(H,83,92)(H,84,93)(H,85,95)/b20-19-,39-37+/t50-,51+,52?,53?,54?,55?,56?,57?,59?,60?,61-,62-,63-,64-,65+,66+,67+,68?,69?,70?,71?,72+,73+,74-,75-,76-,77-,78-,79+,80-,81-,82+/m0/s1. The number of hydrogen-bond acceptors (Lipinski definition) is 33. The fourth-order valence-corrected chi connectivity index (χ4v) is 15.9. The maximum absolute atomic E-state index is 13.6. The van der Waals surface area contributed by atoms with Gasteiger partial charge in [-0.2, -0.15) is 0 Å². The molecule has 12 unspecified atom stereocenters. The highest BCUT2D eigenvalue weighted by Crippen LogP contribution is 2.38. The van der Waals surface area contributed by atoms with E-state index >= 15 is 0 Å². The molecule has 6 aliphatic rings. The normalized spacial score (nSPS) is 36.0. The van der Waals surface area contributed by atoms with Crippen molar-refractivity contribution in [3.8, 4) is 0 Å². The summed E-state index contributed by atoms with van der Waals surface area (Å²) in [5, 5.41) is 209. The smallest absolute Gasteiger partial charge is 0.220 e. The van der Waals surface area contributed by atoms with Gasteiger partial charge < -0.3 is 165 Å². The van der Waals surface area contributed by atoms with Gasteiger partial charge in [0, 0.05) is 20.3 Å². The zero-order valence-electron chi connectivity index (χ0n) is 69.5. The largest absolute Gasteiger partial charge is 0.394 e. The van der Waals surface area contributed by atoms with Crippen molar-refractivity contribution in [2.45, 2.75) is 429 Å². The third-order valence-electron chi connectivity index (χ3n) is 22.9. The number of carbonyl (C=O) groups is 3. The van der Waals surface area contributed by atoms with Crippen molar-refractivity contribution in [2.75, 3.05) is 46.2 Å². The van der Waals surface area contributed by atoms with Crippen molar-refractivity contribution >= 4 is 17.7 Å². The number of aliphatic hydroxyl groups excluding tert-OH is 18. The van der Waals surface area contributed by atoms with Gasteiger partial charge in [-0.25, -0.2) is 0 Å². The van der Waals surface area contributed by atoms with Crippen molar-refractivity contribution < 1.29 is 163 Å². The lowest BCUT2D eigenvalue weighted by Gasteiger charge is -2.50. The van der Waals surface area contributed by atoms with E-state index in [0.717, 1.165) is 71.6 Å². The number of rotatable bonds is 57. The van der Waals surface area contributed by atoms with Crippen molar-refractivity contribution in [3.05, 3.63) is 24.3 Å². The molecule has 688 valence electrons. The summed E-state index contributed by atoms with van der Waals surface area (Å²) in [6, 6.07) is -4.52. The van der Waals surface area contributed by atoms with Gasteiger partial charge in [-0.15, -0.1) is 0 Å². The first-order valence-electron chi connectivity index (χ1n) is 43.6. The van der Waals surface area contributed by atoms with Gasteiger partial charge >= 0.3 is 0 Å². The average Bonchev–Trinajstić information content (AvgIpc) is 0.769. The molecule has 36 heteroatoms. The van der Waals surface area contributed by atoms with Gasteiger partial charge in [-0.3, -0.25) is 14.4 Å². The minimum atomic E-state index is -2.26. The van der Waals surface area contributed by atoms with E-state index in [1.165, 1.54) is 128 Å². The minimum absolute atomic E-state index is 0.171. The fourth-order valence-electron chi connectivity index (χ4n) is 15.9. The topological polar surface area (TPSA) is 562 Å². The number of allylic oxidation sites excluding steroid dienone is 3. The summed E-state index contributed by atoms with van der Waals surface area (Å²) in [6.45, 7) is 0.0900. The highest BCUT2D eigenvalue weighted by molar-refractivity contribution is 5.76. The first-order chi connectivity index (χ1) is 56.8. The maximum Gasteiger partial charge on any atom is 0.220 e. The van der Waals surface area contributed by atoms with Gasteiger partial charge in [0.15, 0.2) is 37.7 Å². The summed E-state index contributed by atoms with van der Waals surface area (Å²) >= 11 is 0. The molecule has 0 spiro atoms. The maximum atomic E-state index is 13.6. The van der Waals surface area contributed by atoms with E-state index in [1.807, 2.05) is 6.08 Å². The molecule has 0 aromatic rings. The second-order valence-corrected chi connectivity index (χ2v) is 32.4. The second-order valence-electron chi connectivity index (χ2n) is 32.4. The van der Waals surface area contributed by atoms with E-state index in [0.29, 0.717) is 12.8 Å². The SMILES string of the molecule is CCCCCCCC/C=C\CCCCCCCCCCCCCC(=O)N[C@@H](CO[C@@H]1OC(CO)[C@@H](O[C@@H]2OC(CO)[C@H](O)[C@H](O[C@@H]3OC(CO)[C@@H](O[C@@H]4OC(CO)[C@H](O)[C@H](O[C@H]5OC(CO)[C@H](O)[C@H](O[C@@H]6OC(CO)[C@H](O)[C@H](O)C6NC(C)=O)C5O)C4O)[C@H](O)C3NC(C)=O)C2O)[C@H](O)C1O)[C@H](O)/C=C/CCCCCCCCCCCCC. The Kier molecular flexibility index (Phi) is 49.6. The highest BCUT2D eigenvalue weighted by atomic mass is 16.8. The summed E-state index contributed by atoms with van der Waals surface area (Å²) in [5.41, 5.74) is 0. The van der Waals surface area contributed by atoms with Crippen LogP contribution in [0.2, 0.25) is 0 Å². The van der Waals surface area contributed by atoms with Gasteiger partial charge in [-0.05, 0) is 44.9 Å². The predicted molar refractivity (Wildman–Crippen MR) is 421 cm³/mol. The molecule has 6 aliphatic heterocycles. The number of aliphatic hydroxyl groups is 18. The summed E-state index contributed by atoms with van der Waals surface area (Å²) in [4.78, 5) is 38.7. The molecule has 36 nitrogen and oxygen atoms in total. The summed E-state index contributed by atoms with van der Waals surface area (Å²) in [6.07, 6.45) is -11.5. The fraction of sp³-hybridized carbons (Fsp3) is 0.915. The van der Waals surface area contributed by atoms with Crippen molar-refractivity contribution in [3.63, 3.8) is 0 Å². The van der Waals surface area contributed by atoms with Gasteiger partial charge in [0.1, 0.15) is 146 Å². The zero-order chi connectivity index (χ0) is 86.2. The van der Waals surface area contributed by atoms with Gasteiger partial charge in [0.05, 0.1) is 58.4 Å². The summed E-state index contributed by atoms with van der Waals surface area (Å²) in [7, 11) is 0. The monoisotopic (exact) mass is 1700 g/mol. The van der Waals surface area contributed by atoms with Crippen molar-refractivity contribution in [2.24, 2.45) is 0 Å². The Bertz CT molecular complexity index is 2760. The Morgan fingerprint density at radius 3 is 1.02 bits per heavy atom. The molecule has 6 saturated heterocycles. The van der Waals surface area contributed by atoms with E-state index in [-0.39, 0.29) is 12.3 Å². The average molecular weight is 1700 g/mol. The summed E-state index contributed by atoms with van der Waals surface area (Å²) in [5.74, 6) is -1.97. The Morgan fingerprint density at radius 2 is 0.636 bits per heavy atom. The van der Waals surface area contributed by atoms with Crippen LogP contribution in [0.5, 0.6) is 0 Å². The van der Waals surface area contributed by atoms with Crippen LogP contribution in [-0.4, -0.2) is 352 Å². The van der Waals surface area contributed by atoms with E-state index < -0.39 is 254 Å². The minimum Gasteiger partial charge on any atom is -0.394 e. The third-order valence-corrected chi connectivity index (χ3v) is 22.9. The quantitative estimate of drug-likeness (QED) is 0.0274. The second kappa shape index (κ2) is 56.6. The van der Waals surface area contributed by atoms with E-state index in [4.69, 9.17) is 56.8 Å². The molecular weight excluding hydrogens is 1550 g/mol. The van der Waals surface area contributed by atoms with Crippen LogP contribution >= 0.6 is 0 Å². The van der Waals surface area contributed by atoms with E-state index in [9.17, 15) is 106 Å². The van der Waals surface area contributed by atoms with Crippen LogP contribution in [0.1, 0.15) is 233 Å². The highest BCUT2D eigenvalue weighted by Gasteiger charge is 2.59. The molecule has 6 fully saturated rings. The van der Waals surface area contributed by atoms with Crippen LogP contribution in [0.4, 0.5) is 0 Å². The number of amides is 3. The molecule has 0 bridgehead atoms. The Balaban J connectivity index is 1.06. The van der Waals surface area contributed by atoms with Crippen LogP contribution in [0.25, 0.3) is 0 Å². The zero-order valence-corrected chi connectivity index (χ0v) is 69.5. The molecule has 3 amide bonds. The molecule has 0 aliphatic carbocycles. The molecule has 32 atom stereocenters. The predicted octanol–water partition coefficient (Wildman–Crippen LogP) is -0.307. The molecule has 0 aromatic carbocycles. The van der Waals surface area contributed by atoms with Crippen LogP contribution in [0.3, 0.4) is 0 Å². The first kappa shape index (κ1) is 103. The van der Waals surface area contributed by atoms with Gasteiger partial charge in [0.25, 0.3) is 0 Å². The van der Waals surface area contributed by atoms with E-state index in [2.05, 4.69) is 41.9 Å². The lowest BCUT2D eigenvalue weighted by molar-refractivity contribution is -0.390. The lowest BCUT2D eigenvalue weighted by Crippen LogP contribution is -2.70. The molecule has 0 aromatic heterocycles. The number of carbonyl (C=O) groups excluding carboxylic acids is 3. The molecule has 6 rings (SSSR count). The van der Waals surface area contributed by atoms with Crippen LogP contribution in [0.15, 0.2) is 24.3 Å². The number of unbranched alkanes of at least 4 members (excludes halogenated alkanes) is 28. The van der Waals surface area contributed by atoms with Crippen molar-refractivity contribution in [1.82, 2.24) is 16.0 Å².